The number of nitrogens with zero attached hydrogens (tertiary/aromatic N) is 1. The molecule has 3 nitrogen and oxygen atoms in total. The first kappa shape index (κ1) is 13.1. The molecular formula is C15H21ClN2O. The Labute approximate surface area is 119 Å². The lowest BCUT2D eigenvalue weighted by Crippen LogP contribution is -2.29. The molecule has 0 atom stereocenters. The first-order valence-corrected chi connectivity index (χ1v) is 7.60. The van der Waals surface area contributed by atoms with Crippen molar-refractivity contribution in [3.63, 3.8) is 0 Å². The number of ether oxygens (including phenoxy) is 1. The fourth-order valence-electron chi connectivity index (χ4n) is 2.96. The van der Waals surface area contributed by atoms with Crippen molar-refractivity contribution in [2.24, 2.45) is 0 Å². The minimum absolute atomic E-state index is 0.508. The number of halogens is 1. The molecule has 0 aromatic heterocycles. The summed E-state index contributed by atoms with van der Waals surface area (Å²) in [5.41, 5.74) is 2.37. The molecule has 2 aliphatic rings. The summed E-state index contributed by atoms with van der Waals surface area (Å²) in [6.45, 7) is 3.95. The van der Waals surface area contributed by atoms with E-state index in [9.17, 15) is 0 Å². The van der Waals surface area contributed by atoms with Crippen LogP contribution in [0, 0.1) is 0 Å². The zero-order valence-electron chi connectivity index (χ0n) is 11.2. The predicted molar refractivity (Wildman–Crippen MR) is 80.4 cm³/mol. The highest BCUT2D eigenvalue weighted by atomic mass is 35.5. The quantitative estimate of drug-likeness (QED) is 0.917. The molecule has 2 saturated heterocycles. The van der Waals surface area contributed by atoms with Crippen LogP contribution in [0.2, 0.25) is 5.02 Å². The fraction of sp³-hybridized carbons (Fsp3) is 0.600. The maximum absolute atomic E-state index is 6.42. The summed E-state index contributed by atoms with van der Waals surface area (Å²) < 4.78 is 5.41. The van der Waals surface area contributed by atoms with E-state index in [4.69, 9.17) is 16.3 Å². The zero-order valence-corrected chi connectivity index (χ0v) is 12.0. The van der Waals surface area contributed by atoms with Crippen molar-refractivity contribution in [2.45, 2.75) is 31.7 Å². The summed E-state index contributed by atoms with van der Waals surface area (Å²) >= 11 is 6.42. The Hall–Kier alpha value is -0.930. The Morgan fingerprint density at radius 1 is 1.16 bits per heavy atom. The normalized spacial score (nSPS) is 20.8. The first-order chi connectivity index (χ1) is 9.34. The van der Waals surface area contributed by atoms with E-state index < -0.39 is 0 Å². The molecule has 0 radical (unpaired) electrons. The second kappa shape index (κ2) is 6.02. The summed E-state index contributed by atoms with van der Waals surface area (Å²) in [5, 5.41) is 4.52. The van der Waals surface area contributed by atoms with E-state index in [1.165, 1.54) is 24.2 Å². The van der Waals surface area contributed by atoms with Gasteiger partial charge in [0, 0.05) is 32.3 Å². The third kappa shape index (κ3) is 2.98. The number of hydrogen-bond acceptors (Lipinski definition) is 3. The molecule has 2 aliphatic heterocycles. The number of nitrogens with one attached hydrogen (secondary N) is 1. The zero-order chi connectivity index (χ0) is 13.1. The van der Waals surface area contributed by atoms with Crippen molar-refractivity contribution in [1.82, 2.24) is 0 Å². The summed E-state index contributed by atoms with van der Waals surface area (Å²) in [7, 11) is 0. The molecule has 2 fully saturated rings. The Kier molecular flexibility index (Phi) is 4.14. The third-order valence-electron chi connectivity index (χ3n) is 3.99. The van der Waals surface area contributed by atoms with Gasteiger partial charge in [-0.05, 0) is 37.8 Å². The number of benzene rings is 1. The number of anilines is 2. The van der Waals surface area contributed by atoms with Crippen molar-refractivity contribution >= 4 is 23.0 Å². The van der Waals surface area contributed by atoms with Crippen molar-refractivity contribution < 1.29 is 4.74 Å². The molecule has 0 spiro atoms. The van der Waals surface area contributed by atoms with Gasteiger partial charge in [0.15, 0.2) is 0 Å². The Morgan fingerprint density at radius 2 is 1.89 bits per heavy atom. The van der Waals surface area contributed by atoms with Crippen LogP contribution in [-0.2, 0) is 4.74 Å². The van der Waals surface area contributed by atoms with E-state index >= 15 is 0 Å². The third-order valence-corrected chi connectivity index (χ3v) is 4.29. The van der Waals surface area contributed by atoms with Gasteiger partial charge >= 0.3 is 0 Å². The highest BCUT2D eigenvalue weighted by molar-refractivity contribution is 6.34. The van der Waals surface area contributed by atoms with Gasteiger partial charge < -0.3 is 15.0 Å². The highest BCUT2D eigenvalue weighted by Gasteiger charge is 2.21. The van der Waals surface area contributed by atoms with Crippen LogP contribution < -0.4 is 10.2 Å². The fourth-order valence-corrected chi connectivity index (χ4v) is 3.25. The summed E-state index contributed by atoms with van der Waals surface area (Å²) in [6, 6.07) is 6.68. The van der Waals surface area contributed by atoms with Gasteiger partial charge in [-0.1, -0.05) is 17.7 Å². The molecule has 19 heavy (non-hydrogen) atoms. The molecule has 2 heterocycles. The molecule has 4 heteroatoms. The average Bonchev–Trinajstić information content (AvgIpc) is 2.94. The molecule has 0 saturated carbocycles. The van der Waals surface area contributed by atoms with Gasteiger partial charge in [-0.15, -0.1) is 0 Å². The van der Waals surface area contributed by atoms with Crippen molar-refractivity contribution in [1.29, 1.82) is 0 Å². The van der Waals surface area contributed by atoms with Gasteiger partial charge in [-0.2, -0.15) is 0 Å². The molecule has 1 aromatic rings. The molecule has 104 valence electrons. The van der Waals surface area contributed by atoms with Crippen LogP contribution in [0.3, 0.4) is 0 Å². The largest absolute Gasteiger partial charge is 0.381 e. The second-order valence-corrected chi connectivity index (χ2v) is 5.77. The van der Waals surface area contributed by atoms with Crippen molar-refractivity contribution in [3.05, 3.63) is 23.2 Å². The molecular weight excluding hydrogens is 260 g/mol. The lowest BCUT2D eigenvalue weighted by atomic mass is 10.1. The molecule has 1 N–H and O–H groups in total. The van der Waals surface area contributed by atoms with Gasteiger partial charge in [0.2, 0.25) is 0 Å². The van der Waals surface area contributed by atoms with Crippen LogP contribution in [0.5, 0.6) is 0 Å². The van der Waals surface area contributed by atoms with Gasteiger partial charge in [0.25, 0.3) is 0 Å². The maximum atomic E-state index is 6.42. The summed E-state index contributed by atoms with van der Waals surface area (Å²) in [4.78, 5) is 2.41. The Balaban J connectivity index is 1.80. The van der Waals surface area contributed by atoms with E-state index in [0.717, 1.165) is 44.2 Å². The number of hydrogen-bond donors (Lipinski definition) is 1. The molecule has 3 rings (SSSR count). The smallest absolute Gasteiger partial charge is 0.0791 e. The van der Waals surface area contributed by atoms with Crippen LogP contribution >= 0.6 is 11.6 Å². The van der Waals surface area contributed by atoms with Crippen LogP contribution in [-0.4, -0.2) is 32.3 Å². The van der Waals surface area contributed by atoms with Gasteiger partial charge in [-0.25, -0.2) is 0 Å². The van der Waals surface area contributed by atoms with Crippen molar-refractivity contribution in [2.75, 3.05) is 36.5 Å². The van der Waals surface area contributed by atoms with Crippen molar-refractivity contribution in [3.8, 4) is 0 Å². The SMILES string of the molecule is Clc1cccc(NC2CCOCC2)c1N1CCCC1. The molecule has 0 bridgehead atoms. The predicted octanol–water partition coefficient (Wildman–Crippen LogP) is 3.53. The number of rotatable bonds is 3. The lowest BCUT2D eigenvalue weighted by molar-refractivity contribution is 0.0904. The van der Waals surface area contributed by atoms with Gasteiger partial charge in [-0.3, -0.25) is 0 Å². The Morgan fingerprint density at radius 3 is 2.63 bits per heavy atom. The average molecular weight is 281 g/mol. The minimum atomic E-state index is 0.508. The van der Waals surface area contributed by atoms with E-state index in [0.29, 0.717) is 6.04 Å². The number of para-hydroxylation sites is 1. The molecule has 1 aromatic carbocycles. The standard InChI is InChI=1S/C15H21ClN2O/c16-13-4-3-5-14(15(13)18-8-1-2-9-18)17-12-6-10-19-11-7-12/h3-5,12,17H,1-2,6-11H2. The van der Waals surface area contributed by atoms with E-state index in [1.54, 1.807) is 0 Å². The first-order valence-electron chi connectivity index (χ1n) is 7.22. The summed E-state index contributed by atoms with van der Waals surface area (Å²) in [5.74, 6) is 0. The van der Waals surface area contributed by atoms with Crippen LogP contribution in [0.1, 0.15) is 25.7 Å². The van der Waals surface area contributed by atoms with Crippen LogP contribution in [0.25, 0.3) is 0 Å². The van der Waals surface area contributed by atoms with Gasteiger partial charge in [0.05, 0.1) is 16.4 Å². The van der Waals surface area contributed by atoms with Crippen LogP contribution in [0.15, 0.2) is 18.2 Å². The van der Waals surface area contributed by atoms with Gasteiger partial charge in [0.1, 0.15) is 0 Å². The van der Waals surface area contributed by atoms with E-state index in [2.05, 4.69) is 16.3 Å². The Bertz CT molecular complexity index is 426. The van der Waals surface area contributed by atoms with Crippen LogP contribution in [0.4, 0.5) is 11.4 Å². The highest BCUT2D eigenvalue weighted by Crippen LogP contribution is 2.36. The molecule has 0 aliphatic carbocycles. The molecule has 0 amide bonds. The maximum Gasteiger partial charge on any atom is 0.0791 e. The molecule has 0 unspecified atom stereocenters. The minimum Gasteiger partial charge on any atom is -0.381 e. The van der Waals surface area contributed by atoms with E-state index in [-0.39, 0.29) is 0 Å². The summed E-state index contributed by atoms with van der Waals surface area (Å²) in [6.07, 6.45) is 4.68. The monoisotopic (exact) mass is 280 g/mol. The lowest BCUT2D eigenvalue weighted by Gasteiger charge is -2.28. The van der Waals surface area contributed by atoms with E-state index in [1.807, 2.05) is 12.1 Å². The topological polar surface area (TPSA) is 24.5 Å². The second-order valence-electron chi connectivity index (χ2n) is 5.36.